The van der Waals surface area contributed by atoms with Crippen LogP contribution in [0.2, 0.25) is 0 Å². The van der Waals surface area contributed by atoms with Gasteiger partial charge in [-0.25, -0.2) is 4.79 Å². The molecule has 1 aliphatic heterocycles. The number of carbonyl (C=O) groups is 1. The molecule has 0 N–H and O–H groups in total. The fourth-order valence-corrected chi connectivity index (χ4v) is 3.68. The van der Waals surface area contributed by atoms with Crippen LogP contribution in [0.15, 0.2) is 42.5 Å². The quantitative estimate of drug-likeness (QED) is 0.780. The van der Waals surface area contributed by atoms with Gasteiger partial charge in [-0.15, -0.1) is 0 Å². The van der Waals surface area contributed by atoms with Gasteiger partial charge in [0.1, 0.15) is 6.07 Å². The lowest BCUT2D eigenvalue weighted by molar-refractivity contribution is 0.0599. The smallest absolute Gasteiger partial charge is 0.338 e. The topological polar surface area (TPSA) is 53.3 Å². The molecule has 0 atom stereocenters. The van der Waals surface area contributed by atoms with Gasteiger partial charge in [-0.3, -0.25) is 0 Å². The van der Waals surface area contributed by atoms with Crippen LogP contribution in [-0.2, 0) is 11.2 Å². The number of aryl methyl sites for hydroxylation is 1. The molecule has 1 aliphatic rings. The Kier molecular flexibility index (Phi) is 5.58. The molecule has 3 rings (SSSR count). The summed E-state index contributed by atoms with van der Waals surface area (Å²) < 4.78 is 4.88. The number of carbonyl (C=O) groups excluding carboxylic acids is 1. The number of para-hydroxylation sites is 1. The maximum atomic E-state index is 11.9. The molecule has 1 saturated heterocycles. The average molecular weight is 348 g/mol. The Morgan fingerprint density at radius 3 is 2.65 bits per heavy atom. The summed E-state index contributed by atoms with van der Waals surface area (Å²) >= 11 is 0. The number of esters is 1. The summed E-state index contributed by atoms with van der Waals surface area (Å²) in [5.74, 6) is 0.320. The highest BCUT2D eigenvalue weighted by molar-refractivity contribution is 5.91. The first-order chi connectivity index (χ1) is 12.6. The minimum atomic E-state index is -0.271. The number of benzene rings is 2. The Morgan fingerprint density at radius 2 is 1.96 bits per heavy atom. The predicted molar refractivity (Wildman–Crippen MR) is 102 cm³/mol. The first-order valence-corrected chi connectivity index (χ1v) is 9.04. The fourth-order valence-electron chi connectivity index (χ4n) is 3.68. The summed E-state index contributed by atoms with van der Waals surface area (Å²) in [5.41, 5.74) is 4.57. The predicted octanol–water partition coefficient (Wildman–Crippen LogP) is 4.11. The molecule has 1 fully saturated rings. The Labute approximate surface area is 155 Å². The molecular formula is C22H24N2O2. The van der Waals surface area contributed by atoms with E-state index in [0.717, 1.165) is 49.2 Å². The van der Waals surface area contributed by atoms with Gasteiger partial charge >= 0.3 is 5.97 Å². The number of piperidine rings is 1. The van der Waals surface area contributed by atoms with E-state index in [4.69, 9.17) is 4.74 Å². The molecule has 1 heterocycles. The minimum absolute atomic E-state index is 0.271. The highest BCUT2D eigenvalue weighted by Crippen LogP contribution is 2.28. The first-order valence-electron chi connectivity index (χ1n) is 9.04. The summed E-state index contributed by atoms with van der Waals surface area (Å²) in [4.78, 5) is 14.2. The van der Waals surface area contributed by atoms with Crippen LogP contribution in [-0.4, -0.2) is 26.2 Å². The lowest BCUT2D eigenvalue weighted by Crippen LogP contribution is -2.34. The van der Waals surface area contributed by atoms with E-state index in [1.165, 1.54) is 12.7 Å². The summed E-state index contributed by atoms with van der Waals surface area (Å²) in [7, 11) is 1.42. The van der Waals surface area contributed by atoms with Crippen molar-refractivity contribution >= 4 is 11.7 Å². The molecule has 2 aromatic rings. The van der Waals surface area contributed by atoms with Crippen LogP contribution in [0.5, 0.6) is 0 Å². The third-order valence-electron chi connectivity index (χ3n) is 5.21. The molecule has 4 nitrogen and oxygen atoms in total. The van der Waals surface area contributed by atoms with Crippen LogP contribution in [0, 0.1) is 24.2 Å². The van der Waals surface area contributed by atoms with Crippen LogP contribution >= 0.6 is 0 Å². The monoisotopic (exact) mass is 348 g/mol. The van der Waals surface area contributed by atoms with E-state index in [-0.39, 0.29) is 5.97 Å². The zero-order valence-corrected chi connectivity index (χ0v) is 15.4. The van der Waals surface area contributed by atoms with Gasteiger partial charge < -0.3 is 9.64 Å². The van der Waals surface area contributed by atoms with Crippen molar-refractivity contribution in [2.24, 2.45) is 5.92 Å². The number of nitrogens with zero attached hydrogens (tertiary/aromatic N) is 2. The third kappa shape index (κ3) is 3.88. The number of nitriles is 1. The highest BCUT2D eigenvalue weighted by atomic mass is 16.5. The summed E-state index contributed by atoms with van der Waals surface area (Å²) in [6, 6.07) is 16.2. The highest BCUT2D eigenvalue weighted by Gasteiger charge is 2.22. The van der Waals surface area contributed by atoms with Crippen LogP contribution < -0.4 is 4.90 Å². The molecular weight excluding hydrogens is 324 g/mol. The van der Waals surface area contributed by atoms with Crippen molar-refractivity contribution in [1.29, 1.82) is 5.26 Å². The fraction of sp³-hybridized carbons (Fsp3) is 0.364. The van der Waals surface area contributed by atoms with E-state index >= 15 is 0 Å². The SMILES string of the molecule is COC(=O)c1cc(CC2CCN(c3ccccc3C#N)CC2)ccc1C. The van der Waals surface area contributed by atoms with E-state index in [1.807, 2.05) is 43.3 Å². The van der Waals surface area contributed by atoms with Crippen LogP contribution in [0.25, 0.3) is 0 Å². The molecule has 0 saturated carbocycles. The average Bonchev–Trinajstić information content (AvgIpc) is 2.69. The minimum Gasteiger partial charge on any atom is -0.465 e. The molecule has 0 amide bonds. The van der Waals surface area contributed by atoms with Gasteiger partial charge in [-0.05, 0) is 61.4 Å². The Hall–Kier alpha value is -2.80. The van der Waals surface area contributed by atoms with E-state index in [9.17, 15) is 10.1 Å². The maximum Gasteiger partial charge on any atom is 0.338 e. The van der Waals surface area contributed by atoms with Gasteiger partial charge in [0.25, 0.3) is 0 Å². The van der Waals surface area contributed by atoms with Gasteiger partial charge in [0.2, 0.25) is 0 Å². The van der Waals surface area contributed by atoms with E-state index in [2.05, 4.69) is 17.0 Å². The van der Waals surface area contributed by atoms with Crippen molar-refractivity contribution in [1.82, 2.24) is 0 Å². The largest absolute Gasteiger partial charge is 0.465 e. The van der Waals surface area contributed by atoms with E-state index in [0.29, 0.717) is 11.5 Å². The Bertz CT molecular complexity index is 830. The molecule has 0 aliphatic carbocycles. The third-order valence-corrected chi connectivity index (χ3v) is 5.21. The second-order valence-electron chi connectivity index (χ2n) is 6.90. The van der Waals surface area contributed by atoms with Crippen molar-refractivity contribution in [2.45, 2.75) is 26.2 Å². The van der Waals surface area contributed by atoms with Gasteiger partial charge in [0.05, 0.1) is 23.9 Å². The van der Waals surface area contributed by atoms with Gasteiger partial charge in [-0.1, -0.05) is 24.3 Å². The van der Waals surface area contributed by atoms with Crippen molar-refractivity contribution in [3.05, 3.63) is 64.7 Å². The van der Waals surface area contributed by atoms with Crippen LogP contribution in [0.1, 0.15) is 39.9 Å². The van der Waals surface area contributed by atoms with Crippen molar-refractivity contribution < 1.29 is 9.53 Å². The van der Waals surface area contributed by atoms with Crippen molar-refractivity contribution in [3.63, 3.8) is 0 Å². The zero-order chi connectivity index (χ0) is 18.5. The molecule has 0 radical (unpaired) electrons. The summed E-state index contributed by atoms with van der Waals surface area (Å²) in [6.07, 6.45) is 3.14. The zero-order valence-electron chi connectivity index (χ0n) is 15.4. The molecule has 0 aromatic heterocycles. The lowest BCUT2D eigenvalue weighted by atomic mass is 9.88. The second kappa shape index (κ2) is 8.05. The molecule has 2 aromatic carbocycles. The standard InChI is InChI=1S/C22H24N2O2/c1-16-7-8-18(14-20(16)22(25)26-2)13-17-9-11-24(12-10-17)21-6-4-3-5-19(21)15-23/h3-8,14,17H,9-13H2,1-2H3. The van der Waals surface area contributed by atoms with Crippen LogP contribution in [0.4, 0.5) is 5.69 Å². The first kappa shape index (κ1) is 18.0. The van der Waals surface area contributed by atoms with Crippen molar-refractivity contribution in [2.75, 3.05) is 25.1 Å². The molecule has 4 heteroatoms. The Morgan fingerprint density at radius 1 is 1.23 bits per heavy atom. The Balaban J connectivity index is 1.64. The maximum absolute atomic E-state index is 11.9. The normalized spacial score (nSPS) is 14.7. The molecule has 0 spiro atoms. The number of ether oxygens (including phenoxy) is 1. The number of rotatable bonds is 4. The van der Waals surface area contributed by atoms with Gasteiger partial charge in [0, 0.05) is 13.1 Å². The van der Waals surface area contributed by atoms with Crippen LogP contribution in [0.3, 0.4) is 0 Å². The number of hydrogen-bond acceptors (Lipinski definition) is 4. The number of anilines is 1. The number of methoxy groups -OCH3 is 1. The summed E-state index contributed by atoms with van der Waals surface area (Å²) in [5, 5.41) is 9.30. The second-order valence-corrected chi connectivity index (χ2v) is 6.90. The molecule has 0 unspecified atom stereocenters. The summed E-state index contributed by atoms with van der Waals surface area (Å²) in [6.45, 7) is 3.85. The molecule has 0 bridgehead atoms. The molecule has 26 heavy (non-hydrogen) atoms. The molecule has 134 valence electrons. The number of hydrogen-bond donors (Lipinski definition) is 0. The van der Waals surface area contributed by atoms with Crippen molar-refractivity contribution in [3.8, 4) is 6.07 Å². The van der Waals surface area contributed by atoms with Gasteiger partial charge in [0.15, 0.2) is 0 Å². The van der Waals surface area contributed by atoms with E-state index in [1.54, 1.807) is 0 Å². The lowest BCUT2D eigenvalue weighted by Gasteiger charge is -2.34. The van der Waals surface area contributed by atoms with Gasteiger partial charge in [-0.2, -0.15) is 5.26 Å². The van der Waals surface area contributed by atoms with E-state index < -0.39 is 0 Å².